The van der Waals surface area contributed by atoms with Gasteiger partial charge in [0.1, 0.15) is 6.04 Å². The maximum atomic E-state index is 12.4. The quantitative estimate of drug-likeness (QED) is 0.848. The first-order valence-electron chi connectivity index (χ1n) is 6.45. The summed E-state index contributed by atoms with van der Waals surface area (Å²) >= 11 is 0. The van der Waals surface area contributed by atoms with Gasteiger partial charge in [-0.05, 0) is 37.0 Å². The normalized spacial score (nSPS) is 20.0. The van der Waals surface area contributed by atoms with E-state index < -0.39 is 16.1 Å². The Kier molecular flexibility index (Phi) is 4.39. The van der Waals surface area contributed by atoms with Crippen molar-refractivity contribution in [1.29, 1.82) is 10.5 Å². The highest BCUT2D eigenvalue weighted by atomic mass is 32.2. The number of sulfonamides is 1. The van der Waals surface area contributed by atoms with Crippen molar-refractivity contribution in [1.82, 2.24) is 4.31 Å². The molecule has 1 aliphatic heterocycles. The molecule has 0 aromatic heterocycles. The van der Waals surface area contributed by atoms with E-state index in [1.807, 2.05) is 6.07 Å². The van der Waals surface area contributed by atoms with Gasteiger partial charge in [-0.15, -0.1) is 0 Å². The van der Waals surface area contributed by atoms with E-state index in [-0.39, 0.29) is 5.75 Å². The highest BCUT2D eigenvalue weighted by molar-refractivity contribution is 7.88. The van der Waals surface area contributed by atoms with Gasteiger partial charge in [-0.2, -0.15) is 14.8 Å². The van der Waals surface area contributed by atoms with Crippen LogP contribution in [0.4, 0.5) is 0 Å². The van der Waals surface area contributed by atoms with E-state index in [1.54, 1.807) is 24.3 Å². The van der Waals surface area contributed by atoms with Crippen LogP contribution in [0.3, 0.4) is 0 Å². The molecular weight excluding hydrogens is 274 g/mol. The van der Waals surface area contributed by atoms with Gasteiger partial charge in [-0.1, -0.05) is 12.1 Å². The number of hydrogen-bond donors (Lipinski definition) is 0. The lowest BCUT2D eigenvalue weighted by molar-refractivity contribution is 0.296. The lowest BCUT2D eigenvalue weighted by Gasteiger charge is -2.30. The molecule has 1 aliphatic rings. The number of rotatable bonds is 3. The Hall–Kier alpha value is -1.89. The Morgan fingerprint density at radius 2 is 1.90 bits per heavy atom. The van der Waals surface area contributed by atoms with Crippen LogP contribution in [0.1, 0.15) is 30.4 Å². The first-order valence-corrected chi connectivity index (χ1v) is 8.06. The van der Waals surface area contributed by atoms with Gasteiger partial charge >= 0.3 is 0 Å². The second-order valence-corrected chi connectivity index (χ2v) is 6.74. The number of benzene rings is 1. The minimum absolute atomic E-state index is 0.128. The van der Waals surface area contributed by atoms with E-state index in [4.69, 9.17) is 10.5 Å². The minimum Gasteiger partial charge on any atom is -0.212 e. The Balaban J connectivity index is 2.17. The SMILES string of the molecule is N#Cc1ccc(CS(=O)(=O)N2CCCCC2C#N)cc1. The van der Waals surface area contributed by atoms with Crippen LogP contribution in [0.5, 0.6) is 0 Å². The van der Waals surface area contributed by atoms with E-state index >= 15 is 0 Å². The van der Waals surface area contributed by atoms with Crippen LogP contribution < -0.4 is 0 Å². The Bertz CT molecular complexity index is 653. The standard InChI is InChI=1S/C14H15N3O2S/c15-9-12-4-6-13(7-5-12)11-20(18,19)17-8-2-1-3-14(17)10-16/h4-7,14H,1-3,8,11H2. The van der Waals surface area contributed by atoms with Crippen molar-refractivity contribution in [2.45, 2.75) is 31.1 Å². The summed E-state index contributed by atoms with van der Waals surface area (Å²) in [6.45, 7) is 0.414. The molecule has 0 aliphatic carbocycles. The zero-order chi connectivity index (χ0) is 14.6. The fourth-order valence-electron chi connectivity index (χ4n) is 2.34. The largest absolute Gasteiger partial charge is 0.219 e. The number of hydrogen-bond acceptors (Lipinski definition) is 4. The molecule has 0 bridgehead atoms. The van der Waals surface area contributed by atoms with Crippen molar-refractivity contribution in [3.05, 3.63) is 35.4 Å². The third kappa shape index (κ3) is 3.16. The van der Waals surface area contributed by atoms with Crippen LogP contribution in [0, 0.1) is 22.7 Å². The van der Waals surface area contributed by atoms with Gasteiger partial charge < -0.3 is 0 Å². The second kappa shape index (κ2) is 6.04. The van der Waals surface area contributed by atoms with Crippen LogP contribution in [0.2, 0.25) is 0 Å². The van der Waals surface area contributed by atoms with Crippen LogP contribution in [-0.4, -0.2) is 25.3 Å². The zero-order valence-corrected chi connectivity index (χ0v) is 11.8. The average molecular weight is 289 g/mol. The predicted octanol–water partition coefficient (Wildman–Crippen LogP) is 1.77. The van der Waals surface area contributed by atoms with E-state index in [2.05, 4.69) is 6.07 Å². The van der Waals surface area contributed by atoms with Crippen LogP contribution in [-0.2, 0) is 15.8 Å². The summed E-state index contributed by atoms with van der Waals surface area (Å²) < 4.78 is 26.1. The van der Waals surface area contributed by atoms with Crippen LogP contribution >= 0.6 is 0 Å². The average Bonchev–Trinajstić information content (AvgIpc) is 2.47. The summed E-state index contributed by atoms with van der Waals surface area (Å²) in [7, 11) is -3.49. The van der Waals surface area contributed by atoms with Crippen molar-refractivity contribution in [2.24, 2.45) is 0 Å². The van der Waals surface area contributed by atoms with Crippen molar-refractivity contribution in [3.8, 4) is 12.1 Å². The molecular formula is C14H15N3O2S. The molecule has 0 radical (unpaired) electrons. The molecule has 0 saturated carbocycles. The third-order valence-corrected chi connectivity index (χ3v) is 5.24. The molecule has 1 fully saturated rings. The van der Waals surface area contributed by atoms with Gasteiger partial charge in [-0.3, -0.25) is 0 Å². The van der Waals surface area contributed by atoms with E-state index in [0.717, 1.165) is 12.8 Å². The highest BCUT2D eigenvalue weighted by Crippen LogP contribution is 2.22. The predicted molar refractivity (Wildman–Crippen MR) is 73.7 cm³/mol. The first-order chi connectivity index (χ1) is 9.56. The monoisotopic (exact) mass is 289 g/mol. The molecule has 1 saturated heterocycles. The molecule has 104 valence electrons. The van der Waals surface area contributed by atoms with Crippen LogP contribution in [0.25, 0.3) is 0 Å². The molecule has 1 aromatic carbocycles. The molecule has 20 heavy (non-hydrogen) atoms. The van der Waals surface area contributed by atoms with Crippen LogP contribution in [0.15, 0.2) is 24.3 Å². The van der Waals surface area contributed by atoms with Crippen molar-refractivity contribution in [3.63, 3.8) is 0 Å². The summed E-state index contributed by atoms with van der Waals surface area (Å²) in [4.78, 5) is 0. The molecule has 1 heterocycles. The lowest BCUT2D eigenvalue weighted by Crippen LogP contribution is -2.43. The fraction of sp³-hybridized carbons (Fsp3) is 0.429. The van der Waals surface area contributed by atoms with Gasteiger partial charge in [0.2, 0.25) is 10.0 Å². The molecule has 0 spiro atoms. The molecule has 1 unspecified atom stereocenters. The summed E-state index contributed by atoms with van der Waals surface area (Å²) in [6, 6.07) is 9.99. The van der Waals surface area contributed by atoms with Gasteiger partial charge in [0.15, 0.2) is 0 Å². The Morgan fingerprint density at radius 1 is 1.20 bits per heavy atom. The highest BCUT2D eigenvalue weighted by Gasteiger charge is 2.32. The molecule has 1 aromatic rings. The van der Waals surface area contributed by atoms with E-state index in [9.17, 15) is 8.42 Å². The second-order valence-electron chi connectivity index (χ2n) is 4.82. The lowest BCUT2D eigenvalue weighted by atomic mass is 10.1. The summed E-state index contributed by atoms with van der Waals surface area (Å²) in [5.74, 6) is -0.128. The van der Waals surface area contributed by atoms with Crippen molar-refractivity contribution >= 4 is 10.0 Å². The first kappa shape index (κ1) is 14.5. The topological polar surface area (TPSA) is 85.0 Å². The van der Waals surface area contributed by atoms with Gasteiger partial charge in [-0.25, -0.2) is 8.42 Å². The number of piperidine rings is 1. The van der Waals surface area contributed by atoms with Gasteiger partial charge in [0, 0.05) is 6.54 Å². The smallest absolute Gasteiger partial charge is 0.212 e. The summed E-state index contributed by atoms with van der Waals surface area (Å²) in [6.07, 6.45) is 2.29. The maximum absolute atomic E-state index is 12.4. The maximum Gasteiger partial charge on any atom is 0.219 e. The van der Waals surface area contributed by atoms with E-state index in [1.165, 1.54) is 4.31 Å². The molecule has 1 atom stereocenters. The number of nitrogens with zero attached hydrogens (tertiary/aromatic N) is 3. The molecule has 6 heteroatoms. The minimum atomic E-state index is -3.49. The number of nitriles is 2. The molecule has 0 N–H and O–H groups in total. The molecule has 5 nitrogen and oxygen atoms in total. The van der Waals surface area contributed by atoms with Crippen molar-refractivity contribution < 1.29 is 8.42 Å². The third-order valence-electron chi connectivity index (χ3n) is 3.39. The Morgan fingerprint density at radius 3 is 2.50 bits per heavy atom. The van der Waals surface area contributed by atoms with Gasteiger partial charge in [0.05, 0.1) is 23.5 Å². The summed E-state index contributed by atoms with van der Waals surface area (Å²) in [5.41, 5.74) is 1.13. The zero-order valence-electron chi connectivity index (χ0n) is 11.0. The Labute approximate surface area is 119 Å². The summed E-state index contributed by atoms with van der Waals surface area (Å²) in [5, 5.41) is 17.8. The molecule has 0 amide bonds. The van der Waals surface area contributed by atoms with E-state index in [0.29, 0.717) is 24.1 Å². The van der Waals surface area contributed by atoms with Gasteiger partial charge in [0.25, 0.3) is 0 Å². The fourth-order valence-corrected chi connectivity index (χ4v) is 4.06. The van der Waals surface area contributed by atoms with Crippen molar-refractivity contribution in [2.75, 3.05) is 6.54 Å². The molecule has 2 rings (SSSR count).